The van der Waals surface area contributed by atoms with Crippen molar-refractivity contribution in [2.45, 2.75) is 20.3 Å². The van der Waals surface area contributed by atoms with Gasteiger partial charge >= 0.3 is 0 Å². The minimum Gasteiger partial charge on any atom is -0.304 e. The highest BCUT2D eigenvalue weighted by atomic mass is 79.9. The van der Waals surface area contributed by atoms with E-state index in [1.165, 1.54) is 0 Å². The topological polar surface area (TPSA) is 83.6 Å². The van der Waals surface area contributed by atoms with Crippen LogP contribution in [0, 0.1) is 6.92 Å². The number of halogens is 1. The third-order valence-corrected chi connectivity index (χ3v) is 2.78. The van der Waals surface area contributed by atoms with Crippen LogP contribution in [-0.4, -0.2) is 26.1 Å². The van der Waals surface area contributed by atoms with Gasteiger partial charge in [0.05, 0.1) is 0 Å². The molecule has 0 aliphatic rings. The predicted octanol–water partition coefficient (Wildman–Crippen LogP) is 2.09. The second-order valence-electron chi connectivity index (χ2n) is 3.73. The molecule has 0 aromatic carbocycles. The largest absolute Gasteiger partial charge is 0.304 e. The van der Waals surface area contributed by atoms with E-state index in [1.807, 2.05) is 19.9 Å². The molecule has 0 atom stereocenters. The number of rotatable bonds is 3. The van der Waals surface area contributed by atoms with Crippen molar-refractivity contribution in [3.63, 3.8) is 0 Å². The van der Waals surface area contributed by atoms with Crippen molar-refractivity contribution in [1.82, 2.24) is 20.2 Å². The Morgan fingerprint density at radius 2 is 2.33 bits per heavy atom. The summed E-state index contributed by atoms with van der Waals surface area (Å²) < 4.78 is 0.865. The van der Waals surface area contributed by atoms with Crippen molar-refractivity contribution in [2.24, 2.45) is 0 Å². The van der Waals surface area contributed by atoms with Crippen molar-refractivity contribution in [3.8, 4) is 0 Å². The molecule has 2 rings (SSSR count). The first-order valence-corrected chi connectivity index (χ1v) is 6.24. The molecule has 18 heavy (non-hydrogen) atoms. The van der Waals surface area contributed by atoms with Crippen molar-refractivity contribution in [3.05, 3.63) is 33.9 Å². The Morgan fingerprint density at radius 1 is 1.56 bits per heavy atom. The first-order chi connectivity index (χ1) is 8.60. The first kappa shape index (κ1) is 12.7. The predicted molar refractivity (Wildman–Crippen MR) is 70.4 cm³/mol. The van der Waals surface area contributed by atoms with Crippen LogP contribution in [0.3, 0.4) is 0 Å². The van der Waals surface area contributed by atoms with Gasteiger partial charge in [-0.1, -0.05) is 6.92 Å². The summed E-state index contributed by atoms with van der Waals surface area (Å²) in [6, 6.07) is 1.87. The number of hydrogen-bond donors (Lipinski definition) is 2. The Bertz CT molecular complexity index is 581. The smallest absolute Gasteiger partial charge is 0.296 e. The Hall–Kier alpha value is -1.76. The van der Waals surface area contributed by atoms with Crippen LogP contribution in [0.5, 0.6) is 0 Å². The SMILES string of the molecule is CCc1nc(C(=O)Nc2ncc(Br)cc2C)n[nH]1. The lowest BCUT2D eigenvalue weighted by Crippen LogP contribution is -2.15. The Labute approximate surface area is 112 Å². The molecular weight excluding hydrogens is 298 g/mol. The molecule has 2 N–H and O–H groups in total. The van der Waals surface area contributed by atoms with E-state index < -0.39 is 0 Å². The number of H-pyrrole nitrogens is 1. The minimum atomic E-state index is -0.371. The van der Waals surface area contributed by atoms with Gasteiger partial charge in [0.15, 0.2) is 0 Å². The molecule has 7 heteroatoms. The van der Waals surface area contributed by atoms with Crippen molar-refractivity contribution in [1.29, 1.82) is 0 Å². The first-order valence-electron chi connectivity index (χ1n) is 5.45. The van der Waals surface area contributed by atoms with Gasteiger partial charge in [-0.3, -0.25) is 9.89 Å². The molecule has 2 aromatic rings. The Balaban J connectivity index is 2.16. The average Bonchev–Trinajstić information content (AvgIpc) is 2.81. The number of aryl methyl sites for hydroxylation is 2. The van der Waals surface area contributed by atoms with Crippen LogP contribution < -0.4 is 5.32 Å². The maximum Gasteiger partial charge on any atom is 0.296 e. The number of hydrogen-bond acceptors (Lipinski definition) is 4. The summed E-state index contributed by atoms with van der Waals surface area (Å²) >= 11 is 3.32. The fraction of sp³-hybridized carbons (Fsp3) is 0.273. The summed E-state index contributed by atoms with van der Waals surface area (Å²) in [5.41, 5.74) is 0.865. The molecule has 0 aliphatic carbocycles. The average molecular weight is 310 g/mol. The van der Waals surface area contributed by atoms with Gasteiger partial charge in [0.25, 0.3) is 5.91 Å². The Morgan fingerprint density at radius 3 is 2.94 bits per heavy atom. The molecule has 6 nitrogen and oxygen atoms in total. The maximum atomic E-state index is 11.9. The highest BCUT2D eigenvalue weighted by molar-refractivity contribution is 9.10. The molecule has 2 heterocycles. The van der Waals surface area contributed by atoms with E-state index in [4.69, 9.17) is 0 Å². The lowest BCUT2D eigenvalue weighted by molar-refractivity contribution is 0.101. The number of nitrogens with zero attached hydrogens (tertiary/aromatic N) is 3. The zero-order valence-electron chi connectivity index (χ0n) is 9.99. The number of nitrogens with one attached hydrogen (secondary N) is 2. The van der Waals surface area contributed by atoms with Crippen molar-refractivity contribution >= 4 is 27.7 Å². The van der Waals surface area contributed by atoms with E-state index in [0.29, 0.717) is 18.1 Å². The molecule has 0 saturated heterocycles. The van der Waals surface area contributed by atoms with Gasteiger partial charge in [-0.2, -0.15) is 0 Å². The highest BCUT2D eigenvalue weighted by Gasteiger charge is 2.13. The maximum absolute atomic E-state index is 11.9. The summed E-state index contributed by atoms with van der Waals surface area (Å²) in [7, 11) is 0. The monoisotopic (exact) mass is 309 g/mol. The number of amides is 1. The fourth-order valence-electron chi connectivity index (χ4n) is 1.39. The molecule has 0 saturated carbocycles. The molecule has 1 amide bonds. The summed E-state index contributed by atoms with van der Waals surface area (Å²) in [4.78, 5) is 20.1. The molecular formula is C11H12BrN5O. The van der Waals surface area contributed by atoms with E-state index in [9.17, 15) is 4.79 Å². The fourth-order valence-corrected chi connectivity index (χ4v) is 1.84. The van der Waals surface area contributed by atoms with Crippen molar-refractivity contribution in [2.75, 3.05) is 5.32 Å². The summed E-state index contributed by atoms with van der Waals surface area (Å²) in [6.07, 6.45) is 2.33. The zero-order valence-corrected chi connectivity index (χ0v) is 11.6. The molecule has 0 bridgehead atoms. The lowest BCUT2D eigenvalue weighted by atomic mass is 10.3. The van der Waals surface area contributed by atoms with Gasteiger partial charge in [0.1, 0.15) is 11.6 Å². The molecule has 0 spiro atoms. The van der Waals surface area contributed by atoms with Gasteiger partial charge in [0.2, 0.25) is 5.82 Å². The van der Waals surface area contributed by atoms with Gasteiger partial charge in [-0.15, -0.1) is 5.10 Å². The number of aromatic nitrogens is 4. The van der Waals surface area contributed by atoms with Crippen LogP contribution in [0.15, 0.2) is 16.7 Å². The molecule has 0 radical (unpaired) electrons. The summed E-state index contributed by atoms with van der Waals surface area (Å²) in [5, 5.41) is 9.22. The molecule has 2 aromatic heterocycles. The zero-order chi connectivity index (χ0) is 13.1. The van der Waals surface area contributed by atoms with Gasteiger partial charge in [0, 0.05) is 17.1 Å². The lowest BCUT2D eigenvalue weighted by Gasteiger charge is -2.05. The minimum absolute atomic E-state index is 0.121. The number of aromatic amines is 1. The highest BCUT2D eigenvalue weighted by Crippen LogP contribution is 2.17. The van der Waals surface area contributed by atoms with E-state index in [-0.39, 0.29) is 11.7 Å². The number of anilines is 1. The second-order valence-corrected chi connectivity index (χ2v) is 4.65. The van der Waals surface area contributed by atoms with Crippen LogP contribution in [0.2, 0.25) is 0 Å². The third-order valence-electron chi connectivity index (χ3n) is 2.35. The Kier molecular flexibility index (Phi) is 3.71. The number of pyridine rings is 1. The summed E-state index contributed by atoms with van der Waals surface area (Å²) in [6.45, 7) is 3.80. The quantitative estimate of drug-likeness (QED) is 0.909. The number of carbonyl (C=O) groups is 1. The number of carbonyl (C=O) groups excluding carboxylic acids is 1. The second kappa shape index (κ2) is 5.26. The third kappa shape index (κ3) is 2.73. The van der Waals surface area contributed by atoms with Gasteiger partial charge in [-0.05, 0) is 34.5 Å². The van der Waals surface area contributed by atoms with E-state index in [0.717, 1.165) is 10.0 Å². The summed E-state index contributed by atoms with van der Waals surface area (Å²) in [5.74, 6) is 0.937. The van der Waals surface area contributed by atoms with E-state index in [2.05, 4.69) is 41.4 Å². The van der Waals surface area contributed by atoms with Crippen LogP contribution in [0.4, 0.5) is 5.82 Å². The van der Waals surface area contributed by atoms with Crippen molar-refractivity contribution < 1.29 is 4.79 Å². The standard InChI is InChI=1S/C11H12BrN5O/c1-3-8-14-10(17-16-8)11(18)15-9-6(2)4-7(12)5-13-9/h4-5H,3H2,1-2H3,(H,13,15,18)(H,14,16,17). The molecule has 94 valence electrons. The molecule has 0 unspecified atom stereocenters. The van der Waals surface area contributed by atoms with Crippen LogP contribution >= 0.6 is 15.9 Å². The van der Waals surface area contributed by atoms with Gasteiger partial charge < -0.3 is 5.32 Å². The van der Waals surface area contributed by atoms with Gasteiger partial charge in [-0.25, -0.2) is 9.97 Å². The normalized spacial score (nSPS) is 10.4. The van der Waals surface area contributed by atoms with E-state index in [1.54, 1.807) is 6.20 Å². The van der Waals surface area contributed by atoms with Crippen LogP contribution in [0.1, 0.15) is 28.9 Å². The van der Waals surface area contributed by atoms with Crippen LogP contribution in [-0.2, 0) is 6.42 Å². The molecule has 0 aliphatic heterocycles. The van der Waals surface area contributed by atoms with Crippen LogP contribution in [0.25, 0.3) is 0 Å². The molecule has 0 fully saturated rings. The van der Waals surface area contributed by atoms with E-state index >= 15 is 0 Å².